The Morgan fingerprint density at radius 3 is 2.46 bits per heavy atom. The Morgan fingerprint density at radius 2 is 1.89 bits per heavy atom. The fourth-order valence-electron chi connectivity index (χ4n) is 3.47. The van der Waals surface area contributed by atoms with Crippen LogP contribution in [0.15, 0.2) is 63.7 Å². The molecule has 1 atom stereocenters. The molecule has 0 spiro atoms. The quantitative estimate of drug-likeness (QED) is 0.384. The first-order valence-electron chi connectivity index (χ1n) is 9.57. The molecule has 1 aromatic heterocycles. The molecule has 1 unspecified atom stereocenters. The molecule has 1 aliphatic heterocycles. The van der Waals surface area contributed by atoms with Gasteiger partial charge in [0.2, 0.25) is 0 Å². The van der Waals surface area contributed by atoms with Gasteiger partial charge >= 0.3 is 0 Å². The minimum Gasteiger partial charge on any atom is -0.468 e. The Hall–Kier alpha value is -1.80. The molecule has 6 heteroatoms. The third-order valence-electron chi connectivity index (χ3n) is 5.04. The van der Waals surface area contributed by atoms with Crippen molar-refractivity contribution in [3.63, 3.8) is 0 Å². The maximum absolute atomic E-state index is 5.60. The molecule has 1 N–H and O–H groups in total. The molecule has 2 aromatic rings. The van der Waals surface area contributed by atoms with Crippen LogP contribution in [-0.4, -0.2) is 56.5 Å². The third kappa shape index (κ3) is 6.10. The predicted molar refractivity (Wildman–Crippen MR) is 127 cm³/mol. The minimum absolute atomic E-state index is 0. The molecule has 1 fully saturated rings. The molecule has 1 saturated heterocycles. The topological polar surface area (TPSA) is 44.0 Å². The fourth-order valence-corrected chi connectivity index (χ4v) is 3.47. The van der Waals surface area contributed by atoms with Crippen LogP contribution in [0.25, 0.3) is 6.08 Å². The molecular weight excluding hydrogens is 463 g/mol. The zero-order valence-electron chi connectivity index (χ0n) is 17.0. The Labute approximate surface area is 185 Å². The van der Waals surface area contributed by atoms with Gasteiger partial charge in [-0.25, -0.2) is 0 Å². The maximum atomic E-state index is 5.60. The normalized spacial score (nSPS) is 15.9. The van der Waals surface area contributed by atoms with Gasteiger partial charge < -0.3 is 14.6 Å². The number of guanidine groups is 1. The molecule has 5 nitrogen and oxygen atoms in total. The van der Waals surface area contributed by atoms with Crippen molar-refractivity contribution in [3.8, 4) is 0 Å². The second-order valence-corrected chi connectivity index (χ2v) is 7.12. The van der Waals surface area contributed by atoms with Crippen molar-refractivity contribution in [1.29, 1.82) is 0 Å². The van der Waals surface area contributed by atoms with Crippen LogP contribution < -0.4 is 5.32 Å². The van der Waals surface area contributed by atoms with E-state index in [1.807, 2.05) is 19.2 Å². The highest BCUT2D eigenvalue weighted by Gasteiger charge is 2.21. The second-order valence-electron chi connectivity index (χ2n) is 7.12. The summed E-state index contributed by atoms with van der Waals surface area (Å²) < 4.78 is 5.60. The van der Waals surface area contributed by atoms with Crippen molar-refractivity contribution >= 4 is 36.0 Å². The Morgan fingerprint density at radius 1 is 1.18 bits per heavy atom. The lowest BCUT2D eigenvalue weighted by Crippen LogP contribution is -2.46. The molecule has 3 rings (SSSR count). The van der Waals surface area contributed by atoms with Crippen molar-refractivity contribution < 1.29 is 4.42 Å². The molecule has 2 heterocycles. The molecule has 0 saturated carbocycles. The number of nitrogens with one attached hydrogen (secondary N) is 1. The number of aliphatic imine (C=N–C) groups is 1. The van der Waals surface area contributed by atoms with Gasteiger partial charge in [0, 0.05) is 26.7 Å². The Kier molecular flexibility index (Phi) is 9.05. The van der Waals surface area contributed by atoms with Gasteiger partial charge in [-0.05, 0) is 44.6 Å². The summed E-state index contributed by atoms with van der Waals surface area (Å²) in [5.41, 5.74) is 2.80. The number of nitrogens with zero attached hydrogens (tertiary/aromatic N) is 3. The highest BCUT2D eigenvalue weighted by Crippen LogP contribution is 2.20. The van der Waals surface area contributed by atoms with Gasteiger partial charge in [-0.15, -0.1) is 24.0 Å². The number of piperidine rings is 1. The van der Waals surface area contributed by atoms with E-state index in [1.54, 1.807) is 6.26 Å². The van der Waals surface area contributed by atoms with Crippen LogP contribution in [0.5, 0.6) is 0 Å². The number of rotatable bonds is 5. The van der Waals surface area contributed by atoms with E-state index in [9.17, 15) is 0 Å². The summed E-state index contributed by atoms with van der Waals surface area (Å²) in [5.74, 6) is 1.93. The smallest absolute Gasteiger partial charge is 0.193 e. The van der Waals surface area contributed by atoms with Gasteiger partial charge in [-0.3, -0.25) is 9.89 Å². The number of halogens is 1. The summed E-state index contributed by atoms with van der Waals surface area (Å²) in [6, 6.07) is 14.7. The number of likely N-dealkylation sites (N-methyl/N-ethyl adjacent to an activating group) is 1. The fraction of sp³-hybridized carbons (Fsp3) is 0.409. The van der Waals surface area contributed by atoms with Gasteiger partial charge in [0.1, 0.15) is 5.76 Å². The zero-order valence-corrected chi connectivity index (χ0v) is 19.3. The number of hydrogen-bond donors (Lipinski definition) is 1. The molecule has 0 aliphatic carbocycles. The van der Waals surface area contributed by atoms with E-state index in [-0.39, 0.29) is 30.0 Å². The van der Waals surface area contributed by atoms with Crippen molar-refractivity contribution in [3.05, 3.63) is 65.6 Å². The standard InChI is InChI=1S/C22H30N4O.HI/c1-23-22(24-17-20(25(2)3)21-10-7-15-27-21)26-13-11-19(12-14-26)16-18-8-5-4-6-9-18;/h4-10,15-16,20H,11-14,17H2,1-3H3,(H,23,24);1H. The van der Waals surface area contributed by atoms with Crippen molar-refractivity contribution in [2.24, 2.45) is 4.99 Å². The summed E-state index contributed by atoms with van der Waals surface area (Å²) in [6.07, 6.45) is 6.20. The van der Waals surface area contributed by atoms with Gasteiger partial charge in [0.25, 0.3) is 0 Å². The van der Waals surface area contributed by atoms with Crippen LogP contribution in [0.4, 0.5) is 0 Å². The second kappa shape index (κ2) is 11.3. The molecule has 0 radical (unpaired) electrons. The lowest BCUT2D eigenvalue weighted by atomic mass is 10.0. The summed E-state index contributed by atoms with van der Waals surface area (Å²) in [6.45, 7) is 2.74. The lowest BCUT2D eigenvalue weighted by molar-refractivity contribution is 0.255. The average molecular weight is 494 g/mol. The molecule has 1 aliphatic rings. The first-order chi connectivity index (χ1) is 13.2. The summed E-state index contributed by atoms with van der Waals surface area (Å²) in [5, 5.41) is 3.53. The first kappa shape index (κ1) is 22.5. The van der Waals surface area contributed by atoms with Crippen LogP contribution in [0, 0.1) is 0 Å². The predicted octanol–water partition coefficient (Wildman–Crippen LogP) is 4.26. The molecule has 0 bridgehead atoms. The zero-order chi connectivity index (χ0) is 19.1. The van der Waals surface area contributed by atoms with Crippen LogP contribution >= 0.6 is 24.0 Å². The van der Waals surface area contributed by atoms with E-state index in [0.29, 0.717) is 0 Å². The molecule has 1 aromatic carbocycles. The van der Waals surface area contributed by atoms with Crippen molar-refractivity contribution in [1.82, 2.24) is 15.1 Å². The van der Waals surface area contributed by atoms with E-state index in [0.717, 1.165) is 44.2 Å². The van der Waals surface area contributed by atoms with Gasteiger partial charge in [0.15, 0.2) is 5.96 Å². The SMILES string of the molecule is CN=C(NCC(c1ccco1)N(C)C)N1CCC(=Cc2ccccc2)CC1.I. The van der Waals surface area contributed by atoms with Crippen LogP contribution in [-0.2, 0) is 0 Å². The highest BCUT2D eigenvalue weighted by atomic mass is 127. The largest absolute Gasteiger partial charge is 0.468 e. The van der Waals surface area contributed by atoms with Crippen molar-refractivity contribution in [2.45, 2.75) is 18.9 Å². The van der Waals surface area contributed by atoms with E-state index >= 15 is 0 Å². The number of benzene rings is 1. The first-order valence-corrected chi connectivity index (χ1v) is 9.57. The Bertz CT molecular complexity index is 746. The van der Waals surface area contributed by atoms with Gasteiger partial charge in [-0.1, -0.05) is 42.0 Å². The van der Waals surface area contributed by atoms with E-state index in [2.05, 4.69) is 70.6 Å². The van der Waals surface area contributed by atoms with Crippen molar-refractivity contribution in [2.75, 3.05) is 40.8 Å². The molecule has 0 amide bonds. The summed E-state index contributed by atoms with van der Waals surface area (Å²) >= 11 is 0. The maximum Gasteiger partial charge on any atom is 0.193 e. The average Bonchev–Trinajstić information content (AvgIpc) is 3.21. The summed E-state index contributed by atoms with van der Waals surface area (Å²) in [4.78, 5) is 9.00. The lowest BCUT2D eigenvalue weighted by Gasteiger charge is -2.33. The Balaban J connectivity index is 0.00000280. The van der Waals surface area contributed by atoms with Crippen LogP contribution in [0.2, 0.25) is 0 Å². The van der Waals surface area contributed by atoms with Crippen LogP contribution in [0.3, 0.4) is 0 Å². The highest BCUT2D eigenvalue weighted by molar-refractivity contribution is 14.0. The number of hydrogen-bond acceptors (Lipinski definition) is 3. The minimum atomic E-state index is 0. The third-order valence-corrected chi connectivity index (χ3v) is 5.04. The number of likely N-dealkylation sites (tertiary alicyclic amines) is 1. The summed E-state index contributed by atoms with van der Waals surface area (Å²) in [7, 11) is 5.99. The van der Waals surface area contributed by atoms with Gasteiger partial charge in [0.05, 0.1) is 12.3 Å². The van der Waals surface area contributed by atoms with E-state index < -0.39 is 0 Å². The van der Waals surface area contributed by atoms with E-state index in [4.69, 9.17) is 4.42 Å². The monoisotopic (exact) mass is 494 g/mol. The number of furan rings is 1. The molecule has 152 valence electrons. The molecular formula is C22H31IN4O. The molecule has 28 heavy (non-hydrogen) atoms. The van der Waals surface area contributed by atoms with Gasteiger partial charge in [-0.2, -0.15) is 0 Å². The van der Waals surface area contributed by atoms with Crippen LogP contribution in [0.1, 0.15) is 30.2 Å². The van der Waals surface area contributed by atoms with E-state index in [1.165, 1.54) is 11.1 Å².